The van der Waals surface area contributed by atoms with Crippen molar-refractivity contribution in [1.29, 1.82) is 0 Å². The van der Waals surface area contributed by atoms with Crippen LogP contribution in [-0.2, 0) is 30.3 Å². The topological polar surface area (TPSA) is 54.0 Å². The van der Waals surface area contributed by atoms with Crippen LogP contribution in [0.15, 0.2) is 30.3 Å². The molecular formula is C16H22O5. The molecule has 0 radical (unpaired) electrons. The van der Waals surface area contributed by atoms with Crippen LogP contribution >= 0.6 is 0 Å². The average Bonchev–Trinajstić information content (AvgIpc) is 2.47. The number of methoxy groups -OCH3 is 1. The van der Waals surface area contributed by atoms with Crippen LogP contribution < -0.4 is 0 Å². The van der Waals surface area contributed by atoms with E-state index in [1.165, 1.54) is 14.0 Å². The summed E-state index contributed by atoms with van der Waals surface area (Å²) in [5.41, 5.74) is 1.08. The fourth-order valence-electron chi connectivity index (χ4n) is 2.45. The fourth-order valence-corrected chi connectivity index (χ4v) is 2.45. The number of hydrogen-bond acceptors (Lipinski definition) is 5. The number of benzene rings is 1. The normalized spacial score (nSPS) is 29.1. The minimum atomic E-state index is -0.599. The SMILES string of the molecule is CO[C@H]1O[C@H](C)C[C@H](OCc2ccccc2)[C@H]1OC(C)=O. The highest BCUT2D eigenvalue weighted by molar-refractivity contribution is 5.66. The van der Waals surface area contributed by atoms with E-state index < -0.39 is 12.4 Å². The molecule has 0 saturated carbocycles. The molecule has 0 spiro atoms. The summed E-state index contributed by atoms with van der Waals surface area (Å²) in [7, 11) is 1.54. The number of carbonyl (C=O) groups is 1. The minimum absolute atomic E-state index is 0.0115. The molecular weight excluding hydrogens is 272 g/mol. The van der Waals surface area contributed by atoms with Gasteiger partial charge in [-0.15, -0.1) is 0 Å². The molecule has 5 nitrogen and oxygen atoms in total. The van der Waals surface area contributed by atoms with Gasteiger partial charge in [0.25, 0.3) is 0 Å². The van der Waals surface area contributed by atoms with Crippen molar-refractivity contribution in [2.24, 2.45) is 0 Å². The van der Waals surface area contributed by atoms with Crippen LogP contribution in [0, 0.1) is 0 Å². The van der Waals surface area contributed by atoms with Crippen molar-refractivity contribution in [1.82, 2.24) is 0 Å². The molecule has 2 rings (SSSR count). The van der Waals surface area contributed by atoms with E-state index in [-0.39, 0.29) is 18.2 Å². The van der Waals surface area contributed by atoms with Gasteiger partial charge in [0.1, 0.15) is 6.10 Å². The van der Waals surface area contributed by atoms with Crippen LogP contribution in [0.1, 0.15) is 25.8 Å². The maximum atomic E-state index is 11.3. The second-order valence-corrected chi connectivity index (χ2v) is 5.20. The van der Waals surface area contributed by atoms with Crippen molar-refractivity contribution < 1.29 is 23.7 Å². The Balaban J connectivity index is 2.03. The third kappa shape index (κ3) is 4.52. The molecule has 1 aromatic rings. The quantitative estimate of drug-likeness (QED) is 0.780. The van der Waals surface area contributed by atoms with Gasteiger partial charge in [-0.05, 0) is 12.5 Å². The van der Waals surface area contributed by atoms with E-state index in [1.54, 1.807) is 0 Å². The number of esters is 1. The summed E-state index contributed by atoms with van der Waals surface area (Å²) in [4.78, 5) is 11.3. The molecule has 1 fully saturated rings. The lowest BCUT2D eigenvalue weighted by atomic mass is 10.0. The van der Waals surface area contributed by atoms with Gasteiger partial charge in [-0.25, -0.2) is 0 Å². The van der Waals surface area contributed by atoms with Crippen LogP contribution in [0.25, 0.3) is 0 Å². The summed E-state index contributed by atoms with van der Waals surface area (Å²) in [5, 5.41) is 0. The Hall–Kier alpha value is -1.43. The molecule has 0 N–H and O–H groups in total. The summed E-state index contributed by atoms with van der Waals surface area (Å²) in [6.07, 6.45) is -0.749. The molecule has 1 saturated heterocycles. The predicted octanol–water partition coefficient (Wildman–Crippen LogP) is 2.28. The molecule has 116 valence electrons. The van der Waals surface area contributed by atoms with E-state index in [1.807, 2.05) is 37.3 Å². The van der Waals surface area contributed by atoms with Gasteiger partial charge in [0.05, 0.1) is 12.7 Å². The van der Waals surface area contributed by atoms with Gasteiger partial charge in [-0.1, -0.05) is 30.3 Å². The van der Waals surface area contributed by atoms with Gasteiger partial charge in [-0.3, -0.25) is 4.79 Å². The Morgan fingerprint density at radius 1 is 1.33 bits per heavy atom. The van der Waals surface area contributed by atoms with E-state index in [9.17, 15) is 4.79 Å². The summed E-state index contributed by atoms with van der Waals surface area (Å²) in [5.74, 6) is -0.367. The zero-order valence-electron chi connectivity index (χ0n) is 12.7. The molecule has 0 amide bonds. The first kappa shape index (κ1) is 15.9. The molecule has 0 aromatic heterocycles. The largest absolute Gasteiger partial charge is 0.454 e. The predicted molar refractivity (Wildman–Crippen MR) is 76.5 cm³/mol. The van der Waals surface area contributed by atoms with Gasteiger partial charge in [-0.2, -0.15) is 0 Å². The third-order valence-electron chi connectivity index (χ3n) is 3.41. The van der Waals surface area contributed by atoms with Gasteiger partial charge >= 0.3 is 5.97 Å². The smallest absolute Gasteiger partial charge is 0.303 e. The molecule has 1 aromatic carbocycles. The zero-order valence-corrected chi connectivity index (χ0v) is 12.7. The molecule has 5 heteroatoms. The molecule has 0 aliphatic carbocycles. The number of hydrogen-bond donors (Lipinski definition) is 0. The van der Waals surface area contributed by atoms with E-state index in [0.717, 1.165) is 5.56 Å². The van der Waals surface area contributed by atoms with Gasteiger partial charge in [0.2, 0.25) is 0 Å². The molecule has 1 aliphatic heterocycles. The second-order valence-electron chi connectivity index (χ2n) is 5.20. The molecule has 0 bridgehead atoms. The summed E-state index contributed by atoms with van der Waals surface area (Å²) < 4.78 is 22.2. The Labute approximate surface area is 125 Å². The van der Waals surface area contributed by atoms with Crippen molar-refractivity contribution in [3.63, 3.8) is 0 Å². The first-order valence-electron chi connectivity index (χ1n) is 7.11. The first-order chi connectivity index (χ1) is 10.1. The van der Waals surface area contributed by atoms with E-state index >= 15 is 0 Å². The molecule has 0 unspecified atom stereocenters. The van der Waals surface area contributed by atoms with Gasteiger partial charge in [0, 0.05) is 20.5 Å². The Morgan fingerprint density at radius 3 is 2.67 bits per heavy atom. The van der Waals surface area contributed by atoms with Crippen LogP contribution in [0.2, 0.25) is 0 Å². The van der Waals surface area contributed by atoms with Crippen molar-refractivity contribution in [2.45, 2.75) is 51.5 Å². The summed E-state index contributed by atoms with van der Waals surface area (Å²) >= 11 is 0. The lowest BCUT2D eigenvalue weighted by Crippen LogP contribution is -2.51. The van der Waals surface area contributed by atoms with Crippen molar-refractivity contribution in [2.75, 3.05) is 7.11 Å². The highest BCUT2D eigenvalue weighted by atomic mass is 16.7. The van der Waals surface area contributed by atoms with Gasteiger partial charge < -0.3 is 18.9 Å². The fraction of sp³-hybridized carbons (Fsp3) is 0.562. The maximum absolute atomic E-state index is 11.3. The lowest BCUT2D eigenvalue weighted by Gasteiger charge is -2.39. The van der Waals surface area contributed by atoms with Crippen LogP contribution in [-0.4, -0.2) is 37.7 Å². The maximum Gasteiger partial charge on any atom is 0.303 e. The van der Waals surface area contributed by atoms with E-state index in [2.05, 4.69) is 0 Å². The first-order valence-corrected chi connectivity index (χ1v) is 7.11. The Bertz CT molecular complexity index is 447. The average molecular weight is 294 g/mol. The molecule has 4 atom stereocenters. The summed E-state index contributed by atoms with van der Waals surface area (Å²) in [6.45, 7) is 3.79. The number of ether oxygens (including phenoxy) is 4. The number of carbonyl (C=O) groups excluding carboxylic acids is 1. The zero-order chi connectivity index (χ0) is 15.2. The monoisotopic (exact) mass is 294 g/mol. The highest BCUT2D eigenvalue weighted by Crippen LogP contribution is 2.26. The Kier molecular flexibility index (Phi) is 5.73. The minimum Gasteiger partial charge on any atom is -0.454 e. The second kappa shape index (κ2) is 7.54. The molecule has 1 aliphatic rings. The van der Waals surface area contributed by atoms with Crippen molar-refractivity contribution >= 4 is 5.97 Å². The van der Waals surface area contributed by atoms with Crippen molar-refractivity contribution in [3.8, 4) is 0 Å². The van der Waals surface area contributed by atoms with Crippen molar-refractivity contribution in [3.05, 3.63) is 35.9 Å². The summed E-state index contributed by atoms with van der Waals surface area (Å²) in [6, 6.07) is 9.89. The van der Waals surface area contributed by atoms with Crippen LogP contribution in [0.4, 0.5) is 0 Å². The highest BCUT2D eigenvalue weighted by Gasteiger charge is 2.40. The Morgan fingerprint density at radius 2 is 2.05 bits per heavy atom. The number of rotatable bonds is 5. The third-order valence-corrected chi connectivity index (χ3v) is 3.41. The molecule has 1 heterocycles. The lowest BCUT2D eigenvalue weighted by molar-refractivity contribution is -0.269. The molecule has 21 heavy (non-hydrogen) atoms. The van der Waals surface area contributed by atoms with Gasteiger partial charge in [0.15, 0.2) is 12.4 Å². The van der Waals surface area contributed by atoms with E-state index in [4.69, 9.17) is 18.9 Å². The van der Waals surface area contributed by atoms with Crippen LogP contribution in [0.3, 0.4) is 0 Å². The van der Waals surface area contributed by atoms with E-state index in [0.29, 0.717) is 13.0 Å². The van der Waals surface area contributed by atoms with Crippen LogP contribution in [0.5, 0.6) is 0 Å². The standard InChI is InChI=1S/C16H22O5/c1-11-9-14(19-10-13-7-5-4-6-8-13)15(21-12(2)17)16(18-3)20-11/h4-8,11,14-16H,9-10H2,1-3H3/t11-,14+,15-,16+/m1/s1.